The van der Waals surface area contributed by atoms with Gasteiger partial charge in [-0.25, -0.2) is 0 Å². The third-order valence-corrected chi connectivity index (χ3v) is 4.92. The number of carbonyl (C=O) groups excluding carboxylic acids is 1. The topological polar surface area (TPSA) is 64.0 Å². The van der Waals surface area contributed by atoms with Gasteiger partial charge in [0.1, 0.15) is 0 Å². The van der Waals surface area contributed by atoms with Crippen LogP contribution < -0.4 is 0 Å². The van der Waals surface area contributed by atoms with Crippen LogP contribution in [-0.4, -0.2) is 59.1 Å². The Kier molecular flexibility index (Phi) is 6.88. The zero-order valence-electron chi connectivity index (χ0n) is 15.5. The van der Waals surface area contributed by atoms with Crippen molar-refractivity contribution in [1.29, 1.82) is 0 Å². The number of benzene rings is 1. The molecule has 1 fully saturated rings. The minimum atomic E-state index is -0.180. The third-order valence-electron chi connectivity index (χ3n) is 4.92. The first-order valence-corrected chi connectivity index (χ1v) is 9.02. The molecule has 1 amide bonds. The molecule has 0 aliphatic heterocycles. The molecule has 0 aromatic heterocycles. The molecule has 1 aliphatic rings. The highest BCUT2D eigenvalue weighted by Gasteiger charge is 2.26. The Balaban J connectivity index is 2.07. The third kappa shape index (κ3) is 5.78. The predicted octanol–water partition coefficient (Wildman–Crippen LogP) is 3.08. The molecule has 1 aliphatic carbocycles. The second-order valence-electron chi connectivity index (χ2n) is 7.33. The molecule has 138 valence electrons. The van der Waals surface area contributed by atoms with Crippen molar-refractivity contribution in [3.05, 3.63) is 29.8 Å². The van der Waals surface area contributed by atoms with Gasteiger partial charge in [0.05, 0.1) is 0 Å². The Morgan fingerprint density at radius 1 is 1.12 bits per heavy atom. The number of nitrogens with zero attached hydrogens (tertiary/aromatic N) is 2. The van der Waals surface area contributed by atoms with Gasteiger partial charge in [-0.05, 0) is 69.5 Å². The minimum absolute atomic E-state index is 0.00830. The maximum atomic E-state index is 12.8. The molecule has 0 atom stereocenters. The van der Waals surface area contributed by atoms with Gasteiger partial charge in [-0.15, -0.1) is 0 Å². The lowest BCUT2D eigenvalue weighted by Crippen LogP contribution is -2.44. The molecule has 25 heavy (non-hydrogen) atoms. The molecule has 2 rings (SSSR count). The van der Waals surface area contributed by atoms with Gasteiger partial charge in [0.2, 0.25) is 5.91 Å². The van der Waals surface area contributed by atoms with Crippen molar-refractivity contribution in [2.24, 2.45) is 5.92 Å². The van der Waals surface area contributed by atoms with Crippen LogP contribution in [0.3, 0.4) is 0 Å². The molecule has 1 saturated carbocycles. The van der Waals surface area contributed by atoms with Crippen LogP contribution in [0.15, 0.2) is 24.3 Å². The highest BCUT2D eigenvalue weighted by molar-refractivity contribution is 5.92. The monoisotopic (exact) mass is 346 g/mol. The van der Waals surface area contributed by atoms with Gasteiger partial charge in [-0.1, -0.05) is 13.0 Å². The predicted molar refractivity (Wildman–Crippen MR) is 100 cm³/mol. The molecule has 5 heteroatoms. The summed E-state index contributed by atoms with van der Waals surface area (Å²) in [6.45, 7) is 3.83. The Morgan fingerprint density at radius 3 is 2.40 bits per heavy atom. The summed E-state index contributed by atoms with van der Waals surface area (Å²) >= 11 is 0. The largest absolute Gasteiger partial charge is 0.504 e. The smallest absolute Gasteiger partial charge is 0.246 e. The van der Waals surface area contributed by atoms with E-state index in [0.29, 0.717) is 11.6 Å². The summed E-state index contributed by atoms with van der Waals surface area (Å²) in [6, 6.07) is 4.85. The molecule has 0 spiro atoms. The van der Waals surface area contributed by atoms with E-state index in [0.717, 1.165) is 31.8 Å². The number of carbonyl (C=O) groups is 1. The molecule has 5 nitrogen and oxygen atoms in total. The van der Waals surface area contributed by atoms with Crippen molar-refractivity contribution < 1.29 is 15.0 Å². The van der Waals surface area contributed by atoms with Crippen LogP contribution in [0.1, 0.15) is 38.2 Å². The number of rotatable bonds is 6. The number of likely N-dealkylation sites (N-methyl/N-ethyl adjacent to an activating group) is 1. The fourth-order valence-electron chi connectivity index (χ4n) is 3.24. The van der Waals surface area contributed by atoms with Crippen LogP contribution >= 0.6 is 0 Å². The lowest BCUT2D eigenvalue weighted by atomic mass is 9.86. The van der Waals surface area contributed by atoms with E-state index >= 15 is 0 Å². The van der Waals surface area contributed by atoms with Gasteiger partial charge in [0.15, 0.2) is 11.5 Å². The van der Waals surface area contributed by atoms with Crippen LogP contribution in [-0.2, 0) is 4.79 Å². The highest BCUT2D eigenvalue weighted by Crippen LogP contribution is 2.28. The maximum absolute atomic E-state index is 12.8. The summed E-state index contributed by atoms with van der Waals surface area (Å²) in [5.41, 5.74) is 0.688. The van der Waals surface area contributed by atoms with E-state index in [2.05, 4.69) is 11.8 Å². The van der Waals surface area contributed by atoms with E-state index in [1.54, 1.807) is 18.2 Å². The molecule has 2 N–H and O–H groups in total. The normalized spacial score (nSPS) is 21.0. The molecule has 0 heterocycles. The summed E-state index contributed by atoms with van der Waals surface area (Å²) in [4.78, 5) is 16.8. The van der Waals surface area contributed by atoms with Crippen molar-refractivity contribution >= 4 is 12.0 Å². The summed E-state index contributed by atoms with van der Waals surface area (Å²) in [5, 5.41) is 18.9. The summed E-state index contributed by atoms with van der Waals surface area (Å²) in [6.07, 6.45) is 7.73. The molecule has 0 unspecified atom stereocenters. The first-order valence-electron chi connectivity index (χ1n) is 9.02. The van der Waals surface area contributed by atoms with Gasteiger partial charge in [-0.2, -0.15) is 0 Å². The van der Waals surface area contributed by atoms with Crippen molar-refractivity contribution in [3.63, 3.8) is 0 Å². The van der Waals surface area contributed by atoms with Gasteiger partial charge in [-0.3, -0.25) is 4.79 Å². The average molecular weight is 346 g/mol. The van der Waals surface area contributed by atoms with E-state index in [9.17, 15) is 15.0 Å². The Morgan fingerprint density at radius 2 is 1.80 bits per heavy atom. The van der Waals surface area contributed by atoms with Crippen molar-refractivity contribution in [1.82, 2.24) is 9.80 Å². The molecule has 1 aromatic carbocycles. The SMILES string of the molecule is CC1CCC(N(CCN(C)C)C(=O)C=Cc2ccc(O)c(O)c2)CC1. The zero-order chi connectivity index (χ0) is 18.4. The molecule has 0 saturated heterocycles. The van der Waals surface area contributed by atoms with Crippen LogP contribution in [0.2, 0.25) is 0 Å². The van der Waals surface area contributed by atoms with Crippen LogP contribution in [0.4, 0.5) is 0 Å². The number of phenolic OH excluding ortho intramolecular Hbond substituents is 2. The van der Waals surface area contributed by atoms with E-state index in [1.807, 2.05) is 19.0 Å². The molecule has 0 radical (unpaired) electrons. The quantitative estimate of drug-likeness (QED) is 0.614. The number of hydrogen-bond donors (Lipinski definition) is 2. The van der Waals surface area contributed by atoms with Crippen molar-refractivity contribution in [3.8, 4) is 11.5 Å². The first-order chi connectivity index (χ1) is 11.9. The molecular weight excluding hydrogens is 316 g/mol. The van der Waals surface area contributed by atoms with Gasteiger partial charge in [0.25, 0.3) is 0 Å². The Labute approximate surface area is 150 Å². The van der Waals surface area contributed by atoms with Gasteiger partial charge < -0.3 is 20.0 Å². The highest BCUT2D eigenvalue weighted by atomic mass is 16.3. The standard InChI is InChI=1S/C20H30N2O3/c1-15-4-8-17(9-5-15)22(13-12-21(2)3)20(25)11-7-16-6-10-18(23)19(24)14-16/h6-7,10-11,14-15,17,23-24H,4-5,8-9,12-13H2,1-3H3. The zero-order valence-corrected chi connectivity index (χ0v) is 15.5. The van der Waals surface area contributed by atoms with E-state index in [1.165, 1.54) is 25.0 Å². The van der Waals surface area contributed by atoms with E-state index in [-0.39, 0.29) is 17.4 Å². The lowest BCUT2D eigenvalue weighted by Gasteiger charge is -2.36. The second-order valence-corrected chi connectivity index (χ2v) is 7.33. The second kappa shape index (κ2) is 8.90. The van der Waals surface area contributed by atoms with Crippen molar-refractivity contribution in [2.75, 3.05) is 27.2 Å². The summed E-state index contributed by atoms with van der Waals surface area (Å²) in [7, 11) is 4.03. The van der Waals surface area contributed by atoms with Crippen LogP contribution in [0.5, 0.6) is 11.5 Å². The molecule has 0 bridgehead atoms. The Bertz CT molecular complexity index is 605. The number of hydrogen-bond acceptors (Lipinski definition) is 4. The maximum Gasteiger partial charge on any atom is 0.246 e. The van der Waals surface area contributed by atoms with Gasteiger partial charge in [0, 0.05) is 25.2 Å². The van der Waals surface area contributed by atoms with E-state index in [4.69, 9.17) is 0 Å². The summed E-state index contributed by atoms with van der Waals surface area (Å²) in [5.74, 6) is 0.416. The fourth-order valence-corrected chi connectivity index (χ4v) is 3.24. The van der Waals surface area contributed by atoms with Crippen LogP contribution in [0.25, 0.3) is 6.08 Å². The van der Waals surface area contributed by atoms with Gasteiger partial charge >= 0.3 is 0 Å². The van der Waals surface area contributed by atoms with Crippen LogP contribution in [0, 0.1) is 5.92 Å². The first kappa shape index (κ1) is 19.3. The minimum Gasteiger partial charge on any atom is -0.504 e. The number of amides is 1. The molecular formula is C20H30N2O3. The number of phenols is 2. The Hall–Kier alpha value is -2.01. The average Bonchev–Trinajstić information content (AvgIpc) is 2.57. The summed E-state index contributed by atoms with van der Waals surface area (Å²) < 4.78 is 0. The fraction of sp³-hybridized carbons (Fsp3) is 0.550. The lowest BCUT2D eigenvalue weighted by molar-refractivity contribution is -0.129. The number of aromatic hydroxyl groups is 2. The molecule has 1 aromatic rings. The van der Waals surface area contributed by atoms with Crippen molar-refractivity contribution in [2.45, 2.75) is 38.6 Å². The van der Waals surface area contributed by atoms with E-state index < -0.39 is 0 Å².